The van der Waals surface area contributed by atoms with E-state index in [9.17, 15) is 8.42 Å². The summed E-state index contributed by atoms with van der Waals surface area (Å²) >= 11 is 3.54. The van der Waals surface area contributed by atoms with Crippen molar-refractivity contribution in [2.75, 3.05) is 23.7 Å². The number of hydrogen-bond acceptors (Lipinski definition) is 9. The predicted molar refractivity (Wildman–Crippen MR) is 127 cm³/mol. The van der Waals surface area contributed by atoms with Crippen LogP contribution >= 0.6 is 15.9 Å². The number of nitrogens with one attached hydrogen (secondary N) is 2. The summed E-state index contributed by atoms with van der Waals surface area (Å²) in [5.74, 6) is 5.99. The average Bonchev–Trinajstić information content (AvgIpc) is 2.83. The van der Waals surface area contributed by atoms with Gasteiger partial charge < -0.3 is 15.5 Å². The maximum absolute atomic E-state index is 11.6. The van der Waals surface area contributed by atoms with E-state index in [-0.39, 0.29) is 4.90 Å². The van der Waals surface area contributed by atoms with E-state index >= 15 is 0 Å². The van der Waals surface area contributed by atoms with Gasteiger partial charge in [0.05, 0.1) is 9.37 Å². The van der Waals surface area contributed by atoms with Gasteiger partial charge >= 0.3 is 10.1 Å². The molecule has 1 aromatic carbocycles. The van der Waals surface area contributed by atoms with Gasteiger partial charge in [0.1, 0.15) is 5.82 Å². The summed E-state index contributed by atoms with van der Waals surface area (Å²) in [7, 11) is -3.93. The molecule has 0 atom stereocenters. The number of aromatic nitrogens is 2. The van der Waals surface area contributed by atoms with Crippen LogP contribution in [0.1, 0.15) is 44.9 Å². The predicted octanol–water partition coefficient (Wildman–Crippen LogP) is 3.77. The highest BCUT2D eigenvalue weighted by Gasteiger charge is 2.27. The van der Waals surface area contributed by atoms with Crippen LogP contribution < -0.4 is 16.5 Å². The molecule has 0 bridgehead atoms. The third-order valence-corrected chi connectivity index (χ3v) is 7.90. The van der Waals surface area contributed by atoms with E-state index in [4.69, 9.17) is 5.90 Å². The molecule has 9 nitrogen and oxygen atoms in total. The topological polar surface area (TPSA) is 122 Å². The molecular formula is C21H29BrN6O3S. The molecule has 2 aliphatic rings. The Morgan fingerprint density at radius 1 is 1.06 bits per heavy atom. The first-order chi connectivity index (χ1) is 15.4. The minimum atomic E-state index is -3.93. The Balaban J connectivity index is 1.36. The van der Waals surface area contributed by atoms with Crippen LogP contribution in [0.5, 0.6) is 0 Å². The lowest BCUT2D eigenvalue weighted by Gasteiger charge is -2.39. The van der Waals surface area contributed by atoms with E-state index in [1.807, 2.05) is 0 Å². The number of likely N-dealkylation sites (tertiary alicyclic amines) is 1. The molecule has 0 unspecified atom stereocenters. The maximum atomic E-state index is 11.6. The molecule has 11 heteroatoms. The highest BCUT2D eigenvalue weighted by molar-refractivity contribution is 9.10. The van der Waals surface area contributed by atoms with Crippen molar-refractivity contribution in [1.29, 1.82) is 0 Å². The van der Waals surface area contributed by atoms with Crippen molar-refractivity contribution in [3.05, 3.63) is 34.9 Å². The van der Waals surface area contributed by atoms with E-state index < -0.39 is 10.1 Å². The standard InChI is InChI=1S/C21H29BrN6O3S/c22-19-14-24-21(26-16-6-10-18(11-7-16)32(29,30)31-23)27-20(19)25-15-4-8-17(9-5-15)28-12-2-1-3-13-28/h6-7,10-11,14-15,17H,1-5,8-9,12-13,23H2,(H2,24,25,26,27). The Labute approximate surface area is 197 Å². The lowest BCUT2D eigenvalue weighted by Crippen LogP contribution is -2.43. The molecule has 174 valence electrons. The van der Waals surface area contributed by atoms with Crippen LogP contribution in [0.4, 0.5) is 17.5 Å². The number of benzene rings is 1. The summed E-state index contributed by atoms with van der Waals surface area (Å²) in [4.78, 5) is 11.6. The molecule has 1 aliphatic carbocycles. The summed E-state index contributed by atoms with van der Waals surface area (Å²) in [6.45, 7) is 2.50. The number of rotatable bonds is 7. The maximum Gasteiger partial charge on any atom is 0.312 e. The van der Waals surface area contributed by atoms with Crippen LogP contribution in [-0.4, -0.2) is 48.5 Å². The van der Waals surface area contributed by atoms with Gasteiger partial charge in [0.25, 0.3) is 0 Å². The SMILES string of the molecule is NOS(=O)(=O)c1ccc(Nc2ncc(Br)c(NC3CCC(N4CCCCC4)CC3)n2)cc1. The molecule has 0 radical (unpaired) electrons. The summed E-state index contributed by atoms with van der Waals surface area (Å²) in [6.07, 6.45) is 10.4. The van der Waals surface area contributed by atoms with Crippen LogP contribution in [0.3, 0.4) is 0 Å². The van der Waals surface area contributed by atoms with Crippen molar-refractivity contribution < 1.29 is 12.7 Å². The van der Waals surface area contributed by atoms with Crippen LogP contribution in [0.2, 0.25) is 0 Å². The van der Waals surface area contributed by atoms with Gasteiger partial charge in [0, 0.05) is 24.0 Å². The van der Waals surface area contributed by atoms with E-state index in [1.54, 1.807) is 18.3 Å². The molecule has 1 aliphatic heterocycles. The first-order valence-electron chi connectivity index (χ1n) is 11.0. The molecule has 4 N–H and O–H groups in total. The molecule has 2 aromatic rings. The second-order valence-corrected chi connectivity index (χ2v) is 10.8. The molecule has 1 saturated carbocycles. The molecule has 32 heavy (non-hydrogen) atoms. The van der Waals surface area contributed by atoms with Crippen LogP contribution in [0.25, 0.3) is 0 Å². The zero-order valence-corrected chi connectivity index (χ0v) is 20.2. The Kier molecular flexibility index (Phi) is 7.62. The largest absolute Gasteiger partial charge is 0.366 e. The van der Waals surface area contributed by atoms with Crippen molar-refractivity contribution in [3.63, 3.8) is 0 Å². The molecule has 2 heterocycles. The molecule has 0 spiro atoms. The second kappa shape index (κ2) is 10.4. The van der Waals surface area contributed by atoms with Crippen LogP contribution in [0.15, 0.2) is 39.8 Å². The number of halogens is 1. The quantitative estimate of drug-likeness (QED) is 0.464. The van der Waals surface area contributed by atoms with Gasteiger partial charge in [-0.15, -0.1) is 0 Å². The van der Waals surface area contributed by atoms with E-state index in [0.29, 0.717) is 17.7 Å². The summed E-state index contributed by atoms with van der Waals surface area (Å²) < 4.78 is 28.1. The van der Waals surface area contributed by atoms with E-state index in [1.165, 1.54) is 57.3 Å². The highest BCUT2D eigenvalue weighted by Crippen LogP contribution is 2.30. The molecule has 2 fully saturated rings. The third kappa shape index (κ3) is 5.76. The van der Waals surface area contributed by atoms with Crippen LogP contribution in [-0.2, 0) is 14.4 Å². The Morgan fingerprint density at radius 3 is 2.41 bits per heavy atom. The number of anilines is 3. The number of piperidine rings is 1. The zero-order valence-electron chi connectivity index (χ0n) is 17.8. The summed E-state index contributed by atoms with van der Waals surface area (Å²) in [5, 5.41) is 6.67. The van der Waals surface area contributed by atoms with Crippen LogP contribution in [0, 0.1) is 0 Å². The minimum Gasteiger partial charge on any atom is -0.366 e. The van der Waals surface area contributed by atoms with Crippen molar-refractivity contribution >= 4 is 43.5 Å². The summed E-state index contributed by atoms with van der Waals surface area (Å²) in [6, 6.07) is 7.12. The first kappa shape index (κ1) is 23.4. The lowest BCUT2D eigenvalue weighted by molar-refractivity contribution is 0.127. The van der Waals surface area contributed by atoms with Gasteiger partial charge in [-0.1, -0.05) is 6.42 Å². The fourth-order valence-electron chi connectivity index (χ4n) is 4.48. The van der Waals surface area contributed by atoms with Gasteiger partial charge in [0.15, 0.2) is 0 Å². The normalized spacial score (nSPS) is 22.4. The van der Waals surface area contributed by atoms with Gasteiger partial charge in [-0.3, -0.25) is 0 Å². The van der Waals surface area contributed by atoms with Crippen molar-refractivity contribution in [3.8, 4) is 0 Å². The van der Waals surface area contributed by atoms with E-state index in [2.05, 4.69) is 45.7 Å². The number of nitrogens with zero attached hydrogens (tertiary/aromatic N) is 3. The molecule has 0 amide bonds. The molecule has 4 rings (SSSR count). The molecule has 1 aromatic heterocycles. The average molecular weight is 525 g/mol. The fraction of sp³-hybridized carbons (Fsp3) is 0.524. The fourth-order valence-corrected chi connectivity index (χ4v) is 5.37. The molecule has 1 saturated heterocycles. The summed E-state index contributed by atoms with van der Waals surface area (Å²) in [5.41, 5.74) is 0.649. The highest BCUT2D eigenvalue weighted by atomic mass is 79.9. The first-order valence-corrected chi connectivity index (χ1v) is 13.2. The Hall–Kier alpha value is -1.79. The smallest absolute Gasteiger partial charge is 0.312 e. The Bertz CT molecular complexity index is 1010. The van der Waals surface area contributed by atoms with Gasteiger partial charge in [-0.05, 0) is 91.8 Å². The van der Waals surface area contributed by atoms with Gasteiger partial charge in [-0.25, -0.2) is 4.98 Å². The number of hydrogen-bond donors (Lipinski definition) is 3. The zero-order chi connectivity index (χ0) is 22.6. The third-order valence-electron chi connectivity index (χ3n) is 6.21. The minimum absolute atomic E-state index is 0.0233. The monoisotopic (exact) mass is 524 g/mol. The van der Waals surface area contributed by atoms with Crippen molar-refractivity contribution in [1.82, 2.24) is 14.9 Å². The van der Waals surface area contributed by atoms with Gasteiger partial charge in [0.2, 0.25) is 5.95 Å². The number of nitrogens with two attached hydrogens (primary N) is 1. The molecular weight excluding hydrogens is 496 g/mol. The Morgan fingerprint density at radius 2 is 1.75 bits per heavy atom. The van der Waals surface area contributed by atoms with E-state index in [0.717, 1.165) is 29.2 Å². The lowest BCUT2D eigenvalue weighted by atomic mass is 9.89. The van der Waals surface area contributed by atoms with Crippen molar-refractivity contribution in [2.24, 2.45) is 5.90 Å². The second-order valence-electron chi connectivity index (χ2n) is 8.34. The van der Waals surface area contributed by atoms with Gasteiger partial charge in [-0.2, -0.15) is 23.6 Å². The van der Waals surface area contributed by atoms with Crippen molar-refractivity contribution in [2.45, 2.75) is 61.9 Å².